The number of nitrogens with zero attached hydrogens (tertiary/aromatic N) is 2. The van der Waals surface area contributed by atoms with Crippen LogP contribution in [0.25, 0.3) is 0 Å². The van der Waals surface area contributed by atoms with E-state index >= 15 is 0 Å². The Bertz CT molecular complexity index is 611. The van der Waals surface area contributed by atoms with Crippen molar-refractivity contribution in [2.24, 2.45) is 0 Å². The summed E-state index contributed by atoms with van der Waals surface area (Å²) in [5.41, 5.74) is 2.11. The number of carbonyl (C=O) groups is 1. The number of carbonyl (C=O) groups excluding carboxylic acids is 1. The number of benzene rings is 1. The molecule has 1 aromatic heterocycles. The molecule has 0 saturated carbocycles. The molecule has 1 aromatic carbocycles. The third kappa shape index (κ3) is 4.26. The Labute approximate surface area is 128 Å². The van der Waals surface area contributed by atoms with Gasteiger partial charge in [0.25, 0.3) is 0 Å². The molecule has 112 valence electrons. The third-order valence-corrected chi connectivity index (χ3v) is 4.07. The van der Waals surface area contributed by atoms with Crippen LogP contribution in [0.5, 0.6) is 0 Å². The molecule has 2 N–H and O–H groups in total. The minimum absolute atomic E-state index is 0.0854. The van der Waals surface area contributed by atoms with Crippen molar-refractivity contribution in [3.05, 3.63) is 34.8 Å². The molecule has 1 unspecified atom stereocenters. The molecule has 0 spiro atoms. The summed E-state index contributed by atoms with van der Waals surface area (Å²) < 4.78 is 0. The van der Waals surface area contributed by atoms with Gasteiger partial charge in [-0.25, -0.2) is 0 Å². The van der Waals surface area contributed by atoms with E-state index in [2.05, 4.69) is 20.8 Å². The molecule has 6 heteroatoms. The monoisotopic (exact) mass is 304 g/mol. The van der Waals surface area contributed by atoms with Crippen LogP contribution >= 0.6 is 11.3 Å². The lowest BCUT2D eigenvalue weighted by atomic mass is 10.1. The van der Waals surface area contributed by atoms with E-state index in [9.17, 15) is 4.79 Å². The number of hydrogen-bond acceptors (Lipinski definition) is 5. The van der Waals surface area contributed by atoms with Gasteiger partial charge >= 0.3 is 0 Å². The predicted molar refractivity (Wildman–Crippen MR) is 86.8 cm³/mol. The van der Waals surface area contributed by atoms with Crippen LogP contribution in [0, 0.1) is 6.92 Å². The average Bonchev–Trinajstić information content (AvgIpc) is 2.92. The van der Waals surface area contributed by atoms with Gasteiger partial charge in [-0.1, -0.05) is 37.3 Å². The Hall–Kier alpha value is -1.95. The van der Waals surface area contributed by atoms with Crippen molar-refractivity contribution in [2.45, 2.75) is 39.7 Å². The number of aryl methyl sites for hydroxylation is 2. The van der Waals surface area contributed by atoms with Crippen LogP contribution in [0.15, 0.2) is 24.3 Å². The highest BCUT2D eigenvalue weighted by atomic mass is 32.1. The number of aromatic nitrogens is 2. The van der Waals surface area contributed by atoms with E-state index in [0.717, 1.165) is 22.7 Å². The lowest BCUT2D eigenvalue weighted by molar-refractivity contribution is -0.117. The lowest BCUT2D eigenvalue weighted by Crippen LogP contribution is -2.34. The maximum Gasteiger partial charge on any atom is 0.248 e. The highest BCUT2D eigenvalue weighted by Crippen LogP contribution is 2.17. The van der Waals surface area contributed by atoms with Crippen molar-refractivity contribution in [2.75, 3.05) is 10.6 Å². The zero-order valence-electron chi connectivity index (χ0n) is 12.5. The van der Waals surface area contributed by atoms with Gasteiger partial charge in [-0.3, -0.25) is 10.1 Å². The van der Waals surface area contributed by atoms with E-state index in [0.29, 0.717) is 11.6 Å². The number of rotatable bonds is 6. The minimum Gasteiger partial charge on any atom is -0.374 e. The quantitative estimate of drug-likeness (QED) is 0.860. The summed E-state index contributed by atoms with van der Waals surface area (Å²) in [5.74, 6) is -0.0854. The fraction of sp³-hybridized carbons (Fsp3) is 0.400. The molecule has 0 aliphatic carbocycles. The summed E-state index contributed by atoms with van der Waals surface area (Å²) in [6.07, 6.45) is 1.52. The maximum atomic E-state index is 12.3. The van der Waals surface area contributed by atoms with E-state index in [1.165, 1.54) is 11.3 Å². The van der Waals surface area contributed by atoms with Gasteiger partial charge in [-0.2, -0.15) is 0 Å². The summed E-state index contributed by atoms with van der Waals surface area (Å²) in [6.45, 7) is 6.02. The summed E-state index contributed by atoms with van der Waals surface area (Å²) >= 11 is 1.42. The van der Waals surface area contributed by atoms with Crippen LogP contribution in [0.2, 0.25) is 0 Å². The molecule has 2 aromatic rings. The molecular formula is C15H20N4OS. The number of hydrogen-bond donors (Lipinski definition) is 2. The first-order chi connectivity index (χ1) is 10.1. The first-order valence-electron chi connectivity index (χ1n) is 7.08. The van der Waals surface area contributed by atoms with Crippen molar-refractivity contribution in [3.8, 4) is 0 Å². The molecule has 0 saturated heterocycles. The van der Waals surface area contributed by atoms with E-state index in [1.807, 2.05) is 45.0 Å². The molecule has 0 aliphatic rings. The predicted octanol–water partition coefficient (Wildman–Crippen LogP) is 3.24. The van der Waals surface area contributed by atoms with E-state index in [4.69, 9.17) is 0 Å². The van der Waals surface area contributed by atoms with Gasteiger partial charge in [-0.05, 0) is 37.5 Å². The van der Waals surface area contributed by atoms with Gasteiger partial charge in [0.1, 0.15) is 11.0 Å². The smallest absolute Gasteiger partial charge is 0.248 e. The highest BCUT2D eigenvalue weighted by molar-refractivity contribution is 7.15. The van der Waals surface area contributed by atoms with Crippen molar-refractivity contribution >= 4 is 28.1 Å². The fourth-order valence-electron chi connectivity index (χ4n) is 1.93. The van der Waals surface area contributed by atoms with Crippen molar-refractivity contribution in [1.29, 1.82) is 0 Å². The van der Waals surface area contributed by atoms with E-state index in [1.54, 1.807) is 0 Å². The van der Waals surface area contributed by atoms with Crippen LogP contribution in [0.1, 0.15) is 30.8 Å². The summed E-state index contributed by atoms with van der Waals surface area (Å²) in [7, 11) is 0. The second-order valence-electron chi connectivity index (χ2n) is 4.82. The molecule has 0 fully saturated rings. The second-order valence-corrected chi connectivity index (χ2v) is 5.88. The average molecular weight is 304 g/mol. The van der Waals surface area contributed by atoms with Gasteiger partial charge in [0.2, 0.25) is 11.0 Å². The van der Waals surface area contributed by atoms with E-state index in [-0.39, 0.29) is 11.9 Å². The Morgan fingerprint density at radius 3 is 2.76 bits per heavy atom. The highest BCUT2D eigenvalue weighted by Gasteiger charge is 2.18. The number of nitrogens with one attached hydrogen (secondary N) is 2. The van der Waals surface area contributed by atoms with Gasteiger partial charge < -0.3 is 5.32 Å². The third-order valence-electron chi connectivity index (χ3n) is 3.08. The minimum atomic E-state index is -0.291. The molecule has 0 aliphatic heterocycles. The summed E-state index contributed by atoms with van der Waals surface area (Å²) in [5, 5.41) is 15.5. The zero-order chi connectivity index (χ0) is 15.2. The largest absolute Gasteiger partial charge is 0.374 e. The van der Waals surface area contributed by atoms with Crippen LogP contribution in [0.4, 0.5) is 10.8 Å². The Balaban J connectivity index is 2.01. The van der Waals surface area contributed by atoms with Crippen LogP contribution in [0.3, 0.4) is 0 Å². The Morgan fingerprint density at radius 1 is 1.33 bits per heavy atom. The molecule has 1 heterocycles. The second kappa shape index (κ2) is 7.17. The molecule has 1 atom stereocenters. The molecule has 0 bridgehead atoms. The van der Waals surface area contributed by atoms with Crippen molar-refractivity contribution in [3.63, 3.8) is 0 Å². The number of amides is 1. The maximum absolute atomic E-state index is 12.3. The summed E-state index contributed by atoms with van der Waals surface area (Å²) in [6, 6.07) is 7.69. The first-order valence-corrected chi connectivity index (χ1v) is 7.90. The zero-order valence-corrected chi connectivity index (χ0v) is 13.3. The Morgan fingerprint density at radius 2 is 2.14 bits per heavy atom. The SMILES string of the molecule is CCc1nnc(NC(=O)C(CC)Nc2cccc(C)c2)s1. The normalized spacial score (nSPS) is 12.0. The van der Waals surface area contributed by atoms with Crippen molar-refractivity contribution < 1.29 is 4.79 Å². The molecular weight excluding hydrogens is 284 g/mol. The molecule has 1 amide bonds. The molecule has 21 heavy (non-hydrogen) atoms. The molecule has 2 rings (SSSR count). The topological polar surface area (TPSA) is 66.9 Å². The van der Waals surface area contributed by atoms with Gasteiger partial charge in [-0.15, -0.1) is 10.2 Å². The van der Waals surface area contributed by atoms with Crippen LogP contribution in [-0.2, 0) is 11.2 Å². The van der Waals surface area contributed by atoms with E-state index < -0.39 is 0 Å². The van der Waals surface area contributed by atoms with Gasteiger partial charge in [0.05, 0.1) is 0 Å². The van der Waals surface area contributed by atoms with Gasteiger partial charge in [0.15, 0.2) is 0 Å². The molecule has 5 nitrogen and oxygen atoms in total. The fourth-order valence-corrected chi connectivity index (χ4v) is 2.61. The molecule has 0 radical (unpaired) electrons. The lowest BCUT2D eigenvalue weighted by Gasteiger charge is -2.17. The Kier molecular flexibility index (Phi) is 5.27. The van der Waals surface area contributed by atoms with Gasteiger partial charge in [0, 0.05) is 5.69 Å². The van der Waals surface area contributed by atoms with Crippen molar-refractivity contribution in [1.82, 2.24) is 10.2 Å². The van der Waals surface area contributed by atoms with Crippen LogP contribution in [-0.4, -0.2) is 22.1 Å². The number of anilines is 2. The first kappa shape index (κ1) is 15.4. The van der Waals surface area contributed by atoms with Crippen LogP contribution < -0.4 is 10.6 Å². The summed E-state index contributed by atoms with van der Waals surface area (Å²) in [4.78, 5) is 12.3. The standard InChI is InChI=1S/C15H20N4OS/c1-4-12(16-11-8-6-7-10(3)9-11)14(20)17-15-19-18-13(5-2)21-15/h6-9,12,16H,4-5H2,1-3H3,(H,17,19,20).